The Hall–Kier alpha value is -0.670. The summed E-state index contributed by atoms with van der Waals surface area (Å²) in [5.41, 5.74) is 2.72. The quantitative estimate of drug-likeness (QED) is 0.233. The fourth-order valence-corrected chi connectivity index (χ4v) is 5.16. The highest BCUT2D eigenvalue weighted by molar-refractivity contribution is 14.0. The predicted octanol–water partition coefficient (Wildman–Crippen LogP) is 3.58. The van der Waals surface area contributed by atoms with E-state index < -0.39 is 0 Å². The van der Waals surface area contributed by atoms with Crippen LogP contribution in [0.1, 0.15) is 31.2 Å². The Morgan fingerprint density at radius 3 is 2.69 bits per heavy atom. The number of anilines is 1. The average molecular weight is 532 g/mol. The Morgan fingerprint density at radius 2 is 2.00 bits per heavy atom. The molecule has 0 bridgehead atoms. The van der Waals surface area contributed by atoms with Crippen molar-refractivity contribution in [3.05, 3.63) is 29.8 Å². The van der Waals surface area contributed by atoms with E-state index >= 15 is 0 Å². The van der Waals surface area contributed by atoms with Gasteiger partial charge in [0, 0.05) is 57.3 Å². The van der Waals surface area contributed by atoms with Crippen molar-refractivity contribution in [2.75, 3.05) is 63.5 Å². The molecule has 0 amide bonds. The molecule has 1 aromatic rings. The van der Waals surface area contributed by atoms with Crippen LogP contribution in [0.25, 0.3) is 0 Å². The summed E-state index contributed by atoms with van der Waals surface area (Å²) in [5.74, 6) is 2.27. The smallest absolute Gasteiger partial charge is 0.191 e. The number of piperazine rings is 1. The zero-order valence-electron chi connectivity index (χ0n) is 18.0. The molecule has 7 heteroatoms. The van der Waals surface area contributed by atoms with Gasteiger partial charge in [0.2, 0.25) is 0 Å². The third-order valence-corrected chi connectivity index (χ3v) is 7.08. The molecule has 29 heavy (non-hydrogen) atoms. The van der Waals surface area contributed by atoms with Crippen LogP contribution in [0, 0.1) is 6.92 Å². The van der Waals surface area contributed by atoms with E-state index in [1.807, 2.05) is 7.05 Å². The topological polar surface area (TPSA) is 42.9 Å². The van der Waals surface area contributed by atoms with Gasteiger partial charge in [0.1, 0.15) is 0 Å². The van der Waals surface area contributed by atoms with Crippen molar-refractivity contribution < 1.29 is 0 Å². The Labute approximate surface area is 198 Å². The number of rotatable bonds is 8. The molecule has 0 radical (unpaired) electrons. The van der Waals surface area contributed by atoms with Crippen LogP contribution in [-0.4, -0.2) is 74.7 Å². The largest absolute Gasteiger partial charge is 0.369 e. The molecule has 2 fully saturated rings. The number of thioether (sulfide) groups is 1. The van der Waals surface area contributed by atoms with Crippen molar-refractivity contribution in [1.82, 2.24) is 15.5 Å². The summed E-state index contributed by atoms with van der Waals surface area (Å²) in [6.45, 7) is 10.0. The Bertz CT molecular complexity index is 613. The molecule has 0 saturated carbocycles. The van der Waals surface area contributed by atoms with Crippen molar-refractivity contribution in [3.63, 3.8) is 0 Å². The van der Waals surface area contributed by atoms with Crippen LogP contribution in [0.5, 0.6) is 0 Å². The number of unbranched alkanes of at least 4 members (excludes halogenated alkanes) is 1. The molecular formula is C22H38IN5S. The molecule has 1 aromatic carbocycles. The number of nitrogens with zero attached hydrogens (tertiary/aromatic N) is 3. The van der Waals surface area contributed by atoms with Crippen LogP contribution in [-0.2, 0) is 0 Å². The van der Waals surface area contributed by atoms with E-state index in [0.29, 0.717) is 0 Å². The van der Waals surface area contributed by atoms with Crippen LogP contribution in [0.4, 0.5) is 5.69 Å². The second kappa shape index (κ2) is 13.6. The van der Waals surface area contributed by atoms with E-state index in [9.17, 15) is 0 Å². The third kappa shape index (κ3) is 8.53. The molecule has 2 aliphatic heterocycles. The SMILES string of the molecule is CN=C(NCCCCN1CCN(c2cccc(C)c2)CC1)NCC1CCCS1.I. The maximum Gasteiger partial charge on any atom is 0.191 e. The van der Waals surface area contributed by atoms with Crippen molar-refractivity contribution >= 4 is 47.4 Å². The summed E-state index contributed by atoms with van der Waals surface area (Å²) >= 11 is 2.09. The first-order valence-electron chi connectivity index (χ1n) is 10.8. The summed E-state index contributed by atoms with van der Waals surface area (Å²) in [6.07, 6.45) is 5.14. The molecule has 164 valence electrons. The first-order chi connectivity index (χ1) is 13.7. The highest BCUT2D eigenvalue weighted by Gasteiger charge is 2.17. The lowest BCUT2D eigenvalue weighted by molar-refractivity contribution is 0.253. The van der Waals surface area contributed by atoms with Crippen molar-refractivity contribution in [1.29, 1.82) is 0 Å². The van der Waals surface area contributed by atoms with Gasteiger partial charge in [0.15, 0.2) is 5.96 Å². The fraction of sp³-hybridized carbons (Fsp3) is 0.682. The van der Waals surface area contributed by atoms with Gasteiger partial charge in [-0.15, -0.1) is 24.0 Å². The highest BCUT2D eigenvalue weighted by atomic mass is 127. The van der Waals surface area contributed by atoms with E-state index in [1.54, 1.807) is 0 Å². The van der Waals surface area contributed by atoms with Crippen molar-refractivity contribution in [2.24, 2.45) is 4.99 Å². The standard InChI is InChI=1S/C22H37N5S.HI/c1-19-7-5-8-20(17-19)27-14-12-26(13-15-27)11-4-3-10-24-22(23-2)25-18-21-9-6-16-28-21;/h5,7-8,17,21H,3-4,6,9-16,18H2,1-2H3,(H2,23,24,25);1H. The van der Waals surface area contributed by atoms with E-state index in [1.165, 1.54) is 62.3 Å². The first-order valence-corrected chi connectivity index (χ1v) is 11.9. The summed E-state index contributed by atoms with van der Waals surface area (Å²) in [6, 6.07) is 8.87. The molecule has 2 heterocycles. The lowest BCUT2D eigenvalue weighted by Gasteiger charge is -2.36. The minimum Gasteiger partial charge on any atom is -0.369 e. The number of halogens is 1. The monoisotopic (exact) mass is 531 g/mol. The number of nitrogens with one attached hydrogen (secondary N) is 2. The van der Waals surface area contributed by atoms with Gasteiger partial charge in [-0.3, -0.25) is 9.89 Å². The molecule has 1 unspecified atom stereocenters. The lowest BCUT2D eigenvalue weighted by atomic mass is 10.2. The second-order valence-electron chi connectivity index (χ2n) is 7.89. The van der Waals surface area contributed by atoms with E-state index in [2.05, 4.69) is 68.4 Å². The highest BCUT2D eigenvalue weighted by Crippen LogP contribution is 2.25. The van der Waals surface area contributed by atoms with Gasteiger partial charge in [0.05, 0.1) is 0 Å². The molecule has 0 spiro atoms. The predicted molar refractivity (Wildman–Crippen MR) is 139 cm³/mol. The number of guanidine groups is 1. The van der Waals surface area contributed by atoms with Crippen LogP contribution in [0.15, 0.2) is 29.3 Å². The molecule has 2 aliphatic rings. The molecule has 1 atom stereocenters. The maximum atomic E-state index is 4.35. The van der Waals surface area contributed by atoms with Gasteiger partial charge >= 0.3 is 0 Å². The molecule has 2 saturated heterocycles. The van der Waals surface area contributed by atoms with Crippen LogP contribution in [0.3, 0.4) is 0 Å². The minimum atomic E-state index is 0. The Balaban J connectivity index is 0.00000300. The average Bonchev–Trinajstić information content (AvgIpc) is 3.24. The van der Waals surface area contributed by atoms with E-state index in [-0.39, 0.29) is 24.0 Å². The van der Waals surface area contributed by atoms with E-state index in [0.717, 1.165) is 37.4 Å². The second-order valence-corrected chi connectivity index (χ2v) is 9.30. The zero-order chi connectivity index (χ0) is 19.6. The summed E-state index contributed by atoms with van der Waals surface area (Å²) in [7, 11) is 1.87. The van der Waals surface area contributed by atoms with Gasteiger partial charge in [-0.25, -0.2) is 0 Å². The van der Waals surface area contributed by atoms with E-state index in [4.69, 9.17) is 0 Å². The summed E-state index contributed by atoms with van der Waals surface area (Å²) in [4.78, 5) is 9.47. The number of aryl methyl sites for hydroxylation is 1. The normalized spacial score (nSPS) is 20.4. The molecule has 5 nitrogen and oxygen atoms in total. The lowest BCUT2D eigenvalue weighted by Crippen LogP contribution is -2.46. The van der Waals surface area contributed by atoms with Gasteiger partial charge in [-0.05, 0) is 62.6 Å². The molecular weight excluding hydrogens is 493 g/mol. The van der Waals surface area contributed by atoms with Gasteiger partial charge in [-0.1, -0.05) is 12.1 Å². The molecule has 2 N–H and O–H groups in total. The van der Waals surface area contributed by atoms with Crippen LogP contribution >= 0.6 is 35.7 Å². The summed E-state index contributed by atoms with van der Waals surface area (Å²) in [5, 5.41) is 7.71. The number of benzene rings is 1. The van der Waals surface area contributed by atoms with Crippen molar-refractivity contribution in [3.8, 4) is 0 Å². The fourth-order valence-electron chi connectivity index (χ4n) is 3.96. The minimum absolute atomic E-state index is 0. The first kappa shape index (κ1) is 24.6. The van der Waals surface area contributed by atoms with Gasteiger partial charge in [0.25, 0.3) is 0 Å². The van der Waals surface area contributed by atoms with Crippen LogP contribution in [0.2, 0.25) is 0 Å². The Kier molecular flexibility index (Phi) is 11.5. The van der Waals surface area contributed by atoms with Crippen molar-refractivity contribution in [2.45, 2.75) is 37.9 Å². The molecule has 3 rings (SSSR count). The van der Waals surface area contributed by atoms with Crippen LogP contribution < -0.4 is 15.5 Å². The maximum absolute atomic E-state index is 4.35. The third-order valence-electron chi connectivity index (χ3n) is 5.68. The number of hydrogen-bond acceptors (Lipinski definition) is 4. The van der Waals surface area contributed by atoms with Gasteiger partial charge in [-0.2, -0.15) is 11.8 Å². The molecule has 0 aliphatic carbocycles. The van der Waals surface area contributed by atoms with Gasteiger partial charge < -0.3 is 15.5 Å². The number of aliphatic imine (C=N–C) groups is 1. The number of hydrogen-bond donors (Lipinski definition) is 2. The molecule has 0 aromatic heterocycles. The Morgan fingerprint density at radius 1 is 1.17 bits per heavy atom. The summed E-state index contributed by atoms with van der Waals surface area (Å²) < 4.78 is 0. The zero-order valence-corrected chi connectivity index (χ0v) is 21.2.